The monoisotopic (exact) mass is 523 g/mol. The number of carboxylic acid groups (broad SMARTS) is 1. The largest absolute Gasteiger partial charge is 0.480 e. The average molecular weight is 524 g/mol. The van der Waals surface area contributed by atoms with E-state index in [0.29, 0.717) is 5.75 Å². The Morgan fingerprint density at radius 3 is 2.00 bits per heavy atom. The van der Waals surface area contributed by atoms with Gasteiger partial charge in [0.05, 0.1) is 12.3 Å². The highest BCUT2D eigenvalue weighted by Crippen LogP contribution is 2.20. The van der Waals surface area contributed by atoms with Crippen LogP contribution in [0, 0.1) is 11.8 Å². The molecule has 7 heteroatoms. The topological polar surface area (TPSA) is 92.7 Å². The van der Waals surface area contributed by atoms with Gasteiger partial charge in [0.2, 0.25) is 5.91 Å². The SMILES string of the molecule is CC(C)=CCC/C(C)=C/CC/C(C)=C/CSC[C@H](NC(=O)[C@@H](CC(=O)OC(C)(C)C)C(C)C)C(=O)O. The van der Waals surface area contributed by atoms with Crippen molar-refractivity contribution in [3.05, 3.63) is 34.9 Å². The zero-order chi connectivity index (χ0) is 27.9. The summed E-state index contributed by atoms with van der Waals surface area (Å²) >= 11 is 1.47. The molecule has 0 heterocycles. The van der Waals surface area contributed by atoms with E-state index in [4.69, 9.17) is 4.74 Å². The maximum absolute atomic E-state index is 12.8. The Labute approximate surface area is 223 Å². The second kappa shape index (κ2) is 17.4. The van der Waals surface area contributed by atoms with E-state index in [9.17, 15) is 19.5 Å². The lowest BCUT2D eigenvalue weighted by Crippen LogP contribution is -2.46. The minimum absolute atomic E-state index is 0.0783. The summed E-state index contributed by atoms with van der Waals surface area (Å²) in [5, 5.41) is 12.2. The molecule has 1 amide bonds. The molecule has 0 aliphatic rings. The third-order valence-corrected chi connectivity index (χ3v) is 6.49. The van der Waals surface area contributed by atoms with Gasteiger partial charge in [-0.05, 0) is 80.1 Å². The smallest absolute Gasteiger partial charge is 0.327 e. The number of hydrogen-bond acceptors (Lipinski definition) is 5. The highest BCUT2D eigenvalue weighted by molar-refractivity contribution is 7.99. The minimum atomic E-state index is -1.08. The molecule has 0 aromatic heterocycles. The third kappa shape index (κ3) is 17.4. The minimum Gasteiger partial charge on any atom is -0.480 e. The Balaban J connectivity index is 4.69. The van der Waals surface area contributed by atoms with Crippen molar-refractivity contribution in [3.63, 3.8) is 0 Å². The van der Waals surface area contributed by atoms with Gasteiger partial charge in [-0.3, -0.25) is 9.59 Å². The summed E-state index contributed by atoms with van der Waals surface area (Å²) in [4.78, 5) is 36.8. The molecule has 0 aliphatic carbocycles. The number of carboxylic acids is 1. The molecule has 0 aromatic rings. The zero-order valence-electron chi connectivity index (χ0n) is 23.9. The predicted octanol–water partition coefficient (Wildman–Crippen LogP) is 6.71. The van der Waals surface area contributed by atoms with Gasteiger partial charge in [-0.1, -0.05) is 48.8 Å². The highest BCUT2D eigenvalue weighted by atomic mass is 32.2. The summed E-state index contributed by atoms with van der Waals surface area (Å²) in [7, 11) is 0. The van der Waals surface area contributed by atoms with E-state index >= 15 is 0 Å². The van der Waals surface area contributed by atoms with E-state index in [0.717, 1.165) is 25.7 Å². The Morgan fingerprint density at radius 1 is 0.944 bits per heavy atom. The molecule has 0 rings (SSSR count). The molecule has 2 atom stereocenters. The fraction of sp³-hybridized carbons (Fsp3) is 0.690. The molecule has 0 aliphatic heterocycles. The summed E-state index contributed by atoms with van der Waals surface area (Å²) in [6, 6.07) is -1.01. The van der Waals surface area contributed by atoms with E-state index in [1.807, 2.05) is 13.8 Å². The van der Waals surface area contributed by atoms with E-state index in [-0.39, 0.29) is 18.1 Å². The quantitative estimate of drug-likeness (QED) is 0.133. The molecule has 0 radical (unpaired) electrons. The fourth-order valence-electron chi connectivity index (χ4n) is 3.37. The molecule has 2 N–H and O–H groups in total. The number of carbonyl (C=O) groups excluding carboxylic acids is 2. The molecule has 0 spiro atoms. The number of carbonyl (C=O) groups is 3. The summed E-state index contributed by atoms with van der Waals surface area (Å²) < 4.78 is 5.34. The number of rotatable bonds is 16. The van der Waals surface area contributed by atoms with Gasteiger partial charge in [-0.2, -0.15) is 11.8 Å². The zero-order valence-corrected chi connectivity index (χ0v) is 24.7. The molecule has 6 nitrogen and oxygen atoms in total. The van der Waals surface area contributed by atoms with Gasteiger partial charge in [0.25, 0.3) is 0 Å². The lowest BCUT2D eigenvalue weighted by Gasteiger charge is -2.25. The van der Waals surface area contributed by atoms with Crippen molar-refractivity contribution in [2.24, 2.45) is 11.8 Å². The fourth-order valence-corrected chi connectivity index (χ4v) is 4.37. The first-order chi connectivity index (χ1) is 16.6. The first-order valence-corrected chi connectivity index (χ1v) is 14.0. The van der Waals surface area contributed by atoms with Crippen LogP contribution in [0.1, 0.15) is 94.4 Å². The van der Waals surface area contributed by atoms with E-state index < -0.39 is 35.4 Å². The number of amides is 1. The summed E-state index contributed by atoms with van der Waals surface area (Å²) in [6.07, 6.45) is 10.7. The van der Waals surface area contributed by atoms with Crippen LogP contribution in [0.15, 0.2) is 34.9 Å². The van der Waals surface area contributed by atoms with Crippen molar-refractivity contribution in [1.29, 1.82) is 0 Å². The molecular weight excluding hydrogens is 474 g/mol. The molecular formula is C29H49NO5S. The second-order valence-corrected chi connectivity index (χ2v) is 12.1. The first-order valence-electron chi connectivity index (χ1n) is 12.9. The molecule has 0 aromatic carbocycles. The van der Waals surface area contributed by atoms with Crippen LogP contribution in [-0.2, 0) is 19.1 Å². The molecule has 36 heavy (non-hydrogen) atoms. The number of ether oxygens (including phenoxy) is 1. The third-order valence-electron chi connectivity index (χ3n) is 5.52. The maximum atomic E-state index is 12.8. The lowest BCUT2D eigenvalue weighted by atomic mass is 9.91. The summed E-state index contributed by atoms with van der Waals surface area (Å²) in [5.41, 5.74) is 3.39. The van der Waals surface area contributed by atoms with Crippen LogP contribution in [0.3, 0.4) is 0 Å². The van der Waals surface area contributed by atoms with Crippen molar-refractivity contribution >= 4 is 29.6 Å². The number of aliphatic carboxylic acids is 1. The van der Waals surface area contributed by atoms with Crippen LogP contribution in [0.25, 0.3) is 0 Å². The van der Waals surface area contributed by atoms with Crippen LogP contribution in [0.5, 0.6) is 0 Å². The van der Waals surface area contributed by atoms with Crippen LogP contribution < -0.4 is 5.32 Å². The van der Waals surface area contributed by atoms with Crippen LogP contribution in [0.2, 0.25) is 0 Å². The molecule has 0 saturated heterocycles. The second-order valence-electron chi connectivity index (χ2n) is 11.0. The number of nitrogens with one attached hydrogen (secondary N) is 1. The Bertz CT molecular complexity index is 801. The van der Waals surface area contributed by atoms with Crippen molar-refractivity contribution in [3.8, 4) is 0 Å². The van der Waals surface area contributed by atoms with Crippen LogP contribution in [-0.4, -0.2) is 46.1 Å². The van der Waals surface area contributed by atoms with Crippen molar-refractivity contribution in [2.75, 3.05) is 11.5 Å². The number of thioether (sulfide) groups is 1. The molecule has 0 bridgehead atoms. The van der Waals surface area contributed by atoms with Gasteiger partial charge in [0.1, 0.15) is 11.6 Å². The number of hydrogen-bond donors (Lipinski definition) is 2. The van der Waals surface area contributed by atoms with E-state index in [1.165, 1.54) is 28.5 Å². The van der Waals surface area contributed by atoms with Gasteiger partial charge in [-0.25, -0.2) is 4.79 Å². The maximum Gasteiger partial charge on any atom is 0.327 e. The standard InChI is InChI=1S/C29H49NO5S/c1-20(2)12-10-13-22(5)14-11-15-23(6)16-17-36-19-25(28(33)34)30-27(32)24(21(3)4)18-26(31)35-29(7,8)9/h12,14,16,21,24-25H,10-11,13,15,17-19H2,1-9H3,(H,30,32)(H,33,34)/b22-14+,23-16+/t24-,25-/m0/s1. The predicted molar refractivity (Wildman–Crippen MR) is 151 cm³/mol. The lowest BCUT2D eigenvalue weighted by molar-refractivity contribution is -0.158. The molecule has 0 fully saturated rings. The van der Waals surface area contributed by atoms with Crippen molar-refractivity contribution in [2.45, 2.75) is 106 Å². The molecule has 0 saturated carbocycles. The normalized spacial score (nSPS) is 14.3. The first kappa shape index (κ1) is 34.0. The summed E-state index contributed by atoms with van der Waals surface area (Å²) in [5.74, 6) is -1.81. The van der Waals surface area contributed by atoms with Gasteiger partial charge < -0.3 is 15.2 Å². The van der Waals surface area contributed by atoms with Gasteiger partial charge in [0.15, 0.2) is 0 Å². The Hall–Kier alpha value is -2.02. The van der Waals surface area contributed by atoms with Crippen molar-refractivity contribution < 1.29 is 24.2 Å². The molecule has 0 unspecified atom stereocenters. The average Bonchev–Trinajstić information content (AvgIpc) is 2.72. The summed E-state index contributed by atoms with van der Waals surface area (Å²) in [6.45, 7) is 17.5. The Kier molecular flexibility index (Phi) is 16.5. The van der Waals surface area contributed by atoms with E-state index in [2.05, 4.69) is 51.2 Å². The Morgan fingerprint density at radius 2 is 1.50 bits per heavy atom. The van der Waals surface area contributed by atoms with Crippen LogP contribution >= 0.6 is 11.8 Å². The molecule has 206 valence electrons. The highest BCUT2D eigenvalue weighted by Gasteiger charge is 2.30. The number of esters is 1. The van der Waals surface area contributed by atoms with Gasteiger partial charge >= 0.3 is 11.9 Å². The number of allylic oxidation sites excluding steroid dienone is 5. The van der Waals surface area contributed by atoms with Crippen molar-refractivity contribution in [1.82, 2.24) is 5.32 Å². The van der Waals surface area contributed by atoms with Crippen LogP contribution in [0.4, 0.5) is 0 Å². The van der Waals surface area contributed by atoms with Gasteiger partial charge in [0, 0.05) is 11.5 Å². The van der Waals surface area contributed by atoms with E-state index in [1.54, 1.807) is 20.8 Å². The van der Waals surface area contributed by atoms with Gasteiger partial charge in [-0.15, -0.1) is 0 Å².